The highest BCUT2D eigenvalue weighted by Crippen LogP contribution is 2.44. The lowest BCUT2D eigenvalue weighted by Crippen LogP contribution is -2.72. The molecule has 36 N–H and O–H groups in total. The maximum absolute atomic E-state index is 13.6. The molecule has 0 saturated carbocycles. The van der Waals surface area contributed by atoms with Gasteiger partial charge in [0, 0.05) is 41.0 Å². The molecule has 0 aromatic carbocycles. The fourth-order valence-electron chi connectivity index (χ4n) is 18.0. The molecule has 0 radical (unpaired) electrons. The molecule has 5 amide bonds. The second kappa shape index (κ2) is 51.4. The van der Waals surface area contributed by atoms with Crippen molar-refractivity contribution in [3.05, 3.63) is 0 Å². The molecule has 0 aliphatic carbocycles. The first-order chi connectivity index (χ1) is 66.4. The number of hydrogen-bond acceptors (Lipinski definition) is 56. The van der Waals surface area contributed by atoms with E-state index in [1.807, 2.05) is 0 Å². The Labute approximate surface area is 799 Å². The van der Waals surface area contributed by atoms with Crippen molar-refractivity contribution in [1.82, 2.24) is 26.6 Å². The van der Waals surface area contributed by atoms with E-state index in [1.54, 1.807) is 0 Å². The second-order valence-electron chi connectivity index (χ2n) is 35.7. The van der Waals surface area contributed by atoms with Crippen LogP contribution >= 0.6 is 0 Å². The highest BCUT2D eigenvalue weighted by molar-refractivity contribution is 5.77. The van der Waals surface area contributed by atoms with E-state index in [2.05, 4.69) is 26.6 Å². The number of aliphatic hydroxyl groups excluding tert-OH is 30. The summed E-state index contributed by atoms with van der Waals surface area (Å²) in [6.45, 7) is -5.19. The van der Waals surface area contributed by atoms with Gasteiger partial charge in [0.15, 0.2) is 56.6 Å². The molecular weight excluding hydrogens is 1930 g/mol. The number of aliphatic carboxylic acids is 1. The summed E-state index contributed by atoms with van der Waals surface area (Å²) in [7, 11) is 0. The standard InChI is InChI=1S/C79H133N5O57/c1-19-41(102)51(112)54(115)72(123-19)136-64-40(84-25(7)98)71(131-36(17-93)62(64)135-76-58(119)67(48(109)33(14-90)127-76)141-79(78(120)121)8-27(99)37(81-22(4)95)63(140-79)43(104)28(100)10-86)138-66-47(108)32(13-89)126-75(57(66)118)133-60-34(15-91)129-69(38(49(60)110)82-23(5)96)122-18-29(101)44(105)59(26(9-85)80-21(3)94)132-74-56(117)65(46(107)31(12-88)125-74)137-70-39(83-24(6)97)50(111)61(35(16-92)130-70)134-77-68(53(114)45(106)30(11-87)128-77)139-73-55(116)52(113)42(103)20(2)124-73/h19-20,26-77,85-93,99-119H,8-18H2,1-7H3,(H,80,94)(H,81,95)(H,82,96)(H,83,97)(H,84,98)(H,120,121)/t19-,20-,26-,27-,28+,29+,30+,31+,32+,33+,34+,35+,36+,37+,38+,39+,40+,41+,42+,43+,44-,45-,46-,47-,48-,49+,50+,51+,52+,53-,54-,55-,56+,57+,58+,59+,60+,61+,62+,63+,64+,65-,66-,67-,68+,69+,70-,71-,72-,73-,74-,75-,76-,77-,79-/m0/s1. The summed E-state index contributed by atoms with van der Waals surface area (Å²) in [5.41, 5.74) is 0. The molecule has 0 aromatic rings. The van der Waals surface area contributed by atoms with Gasteiger partial charge in [-0.1, -0.05) is 0 Å². The van der Waals surface area contributed by atoms with E-state index < -0.39 is 445 Å². The van der Waals surface area contributed by atoms with E-state index in [1.165, 1.54) is 13.8 Å². The number of carbonyl (C=O) groups excluding carboxylic acids is 5. The molecule has 0 bridgehead atoms. The number of nitrogens with one attached hydrogen (secondary N) is 5. The summed E-state index contributed by atoms with van der Waals surface area (Å²) in [5, 5.41) is 359. The van der Waals surface area contributed by atoms with Gasteiger partial charge in [-0.2, -0.15) is 0 Å². The number of rotatable bonds is 41. The lowest BCUT2D eigenvalue weighted by atomic mass is 9.88. The zero-order chi connectivity index (χ0) is 105. The number of carboxylic acids is 1. The predicted molar refractivity (Wildman–Crippen MR) is 437 cm³/mol. The van der Waals surface area contributed by atoms with Gasteiger partial charge < -0.3 is 280 Å². The minimum absolute atomic E-state index is 0.869. The number of amides is 5. The van der Waals surface area contributed by atoms with Crippen LogP contribution in [0.2, 0.25) is 0 Å². The fourth-order valence-corrected chi connectivity index (χ4v) is 18.0. The van der Waals surface area contributed by atoms with Crippen LogP contribution < -0.4 is 26.6 Å². The van der Waals surface area contributed by atoms with Crippen LogP contribution in [0, 0.1) is 0 Å². The van der Waals surface area contributed by atoms with Crippen molar-refractivity contribution in [1.29, 1.82) is 0 Å². The van der Waals surface area contributed by atoms with Crippen molar-refractivity contribution < 1.29 is 282 Å². The number of hydrogen-bond donors (Lipinski definition) is 36. The quantitative estimate of drug-likeness (QED) is 0.0270. The normalized spacial score (nSPS) is 45.9. The largest absolute Gasteiger partial charge is 0.477 e. The van der Waals surface area contributed by atoms with E-state index in [-0.39, 0.29) is 0 Å². The number of carbonyl (C=O) groups is 6. The molecule has 816 valence electrons. The summed E-state index contributed by atoms with van der Waals surface area (Å²) < 4.78 is 119. The Morgan fingerprint density at radius 2 is 0.695 bits per heavy atom. The second-order valence-corrected chi connectivity index (χ2v) is 35.7. The zero-order valence-electron chi connectivity index (χ0n) is 76.4. The van der Waals surface area contributed by atoms with E-state index in [4.69, 9.17) is 94.7 Å². The number of carboxylic acid groups (broad SMARTS) is 1. The molecule has 10 rings (SSSR count). The van der Waals surface area contributed by atoms with Crippen LogP contribution in [-0.2, 0) is 124 Å². The van der Waals surface area contributed by atoms with Crippen molar-refractivity contribution in [3.63, 3.8) is 0 Å². The van der Waals surface area contributed by atoms with Crippen molar-refractivity contribution in [2.45, 2.75) is 392 Å². The molecule has 62 heteroatoms. The van der Waals surface area contributed by atoms with Crippen LogP contribution in [0.25, 0.3) is 0 Å². The minimum Gasteiger partial charge on any atom is -0.477 e. The van der Waals surface area contributed by atoms with E-state index in [9.17, 15) is 187 Å². The molecule has 62 nitrogen and oxygen atoms in total. The van der Waals surface area contributed by atoms with Gasteiger partial charge in [0.05, 0.1) is 96.5 Å². The summed E-state index contributed by atoms with van der Waals surface area (Å²) in [6.07, 6.45) is -106. The Hall–Kier alpha value is -5.18. The van der Waals surface area contributed by atoms with E-state index >= 15 is 0 Å². The smallest absolute Gasteiger partial charge is 0.364 e. The first-order valence-corrected chi connectivity index (χ1v) is 44.9. The Balaban J connectivity index is 0.870. The van der Waals surface area contributed by atoms with Crippen molar-refractivity contribution >= 4 is 35.5 Å². The van der Waals surface area contributed by atoms with Gasteiger partial charge >= 0.3 is 5.97 Å². The molecule has 10 heterocycles. The van der Waals surface area contributed by atoms with Crippen molar-refractivity contribution in [2.75, 3.05) is 66.1 Å². The molecule has 10 aliphatic heterocycles. The Bertz CT molecular complexity index is 3940. The highest BCUT2D eigenvalue weighted by atomic mass is 16.8. The third-order valence-electron chi connectivity index (χ3n) is 25.5. The molecule has 10 saturated heterocycles. The molecule has 10 aliphatic rings. The first-order valence-electron chi connectivity index (χ1n) is 44.9. The van der Waals surface area contributed by atoms with Crippen LogP contribution in [-0.4, -0.2) is 597 Å². The third kappa shape index (κ3) is 26.6. The Kier molecular flexibility index (Phi) is 42.9. The Morgan fingerprint density at radius 3 is 1.15 bits per heavy atom. The van der Waals surface area contributed by atoms with Gasteiger partial charge in [-0.05, 0) is 13.8 Å². The summed E-state index contributed by atoms with van der Waals surface area (Å²) in [5.74, 6) is -10.4. The van der Waals surface area contributed by atoms with Gasteiger partial charge in [-0.3, -0.25) is 24.0 Å². The van der Waals surface area contributed by atoms with Crippen LogP contribution in [0.3, 0.4) is 0 Å². The monoisotopic (exact) mass is 2060 g/mol. The molecule has 10 fully saturated rings. The van der Waals surface area contributed by atoms with Gasteiger partial charge in [0.2, 0.25) is 29.5 Å². The number of aliphatic hydroxyl groups is 30. The molecule has 141 heavy (non-hydrogen) atoms. The minimum atomic E-state index is -3.36. The maximum Gasteiger partial charge on any atom is 0.364 e. The summed E-state index contributed by atoms with van der Waals surface area (Å²) in [4.78, 5) is 78.2. The molecule has 0 aromatic heterocycles. The van der Waals surface area contributed by atoms with Crippen LogP contribution in [0.15, 0.2) is 0 Å². The molecule has 0 spiro atoms. The van der Waals surface area contributed by atoms with Crippen LogP contribution in [0.1, 0.15) is 54.9 Å². The average Bonchev–Trinajstić information content (AvgIpc) is 0.742. The van der Waals surface area contributed by atoms with Crippen LogP contribution in [0.5, 0.6) is 0 Å². The third-order valence-corrected chi connectivity index (χ3v) is 25.5. The fraction of sp³-hybridized carbons (Fsp3) is 0.924. The van der Waals surface area contributed by atoms with Gasteiger partial charge in [0.1, 0.15) is 244 Å². The molecular formula is C79H133N5O57. The lowest BCUT2D eigenvalue weighted by molar-refractivity contribution is -0.399. The summed E-state index contributed by atoms with van der Waals surface area (Å²) >= 11 is 0. The topological polar surface area (TPSA) is 974 Å². The van der Waals surface area contributed by atoms with Gasteiger partial charge in [-0.15, -0.1) is 0 Å². The molecule has 55 atom stereocenters. The van der Waals surface area contributed by atoms with E-state index in [0.717, 1.165) is 34.6 Å². The Morgan fingerprint density at radius 1 is 0.333 bits per heavy atom. The number of ether oxygens (including phenoxy) is 20. The highest BCUT2D eigenvalue weighted by Gasteiger charge is 2.65. The van der Waals surface area contributed by atoms with Crippen molar-refractivity contribution in [2.24, 2.45) is 0 Å². The van der Waals surface area contributed by atoms with Crippen LogP contribution in [0.4, 0.5) is 0 Å². The van der Waals surface area contributed by atoms with E-state index in [0.29, 0.717) is 0 Å². The molecule has 0 unspecified atom stereocenters. The average molecular weight is 2060 g/mol. The predicted octanol–water partition coefficient (Wildman–Crippen LogP) is -23.4. The zero-order valence-corrected chi connectivity index (χ0v) is 76.4. The SMILES string of the molecule is CC(=O)N[C@H]1[C@H](OC[C@@H](O)[C@H](O)[C@H](O[C@@H]2O[C@H](CO)[C@H](O)[C@H](O[C@@H]3O[C@H](CO)[C@@H](O[C@@H]4O[C@H](CO)[C@H](O)[C@H](O)[C@H]4O[C@@H]4O[C@@H](C)[C@@H](O)[C@@H](O)[C@@H]4O)[C@H](O)[C@H]3NC(C)=O)[C@H]2O)[C@H](CO)NC(C)=O)O[C@H](CO)[C@@H](O[C@@H]2O[C@H](CO)[C@H](O)[C@H](O[C@@H]3O[C@H](CO)[C@@H](O[C@@H]4O[C@H](CO)[C@H](O)[C@H](O[C@]5(C(=O)O)C[C@H](O)[C@@H](NC(C)=O)[C@H]([C@H](O)[C@H](O)CO)O5)[C@H]4O)[C@H](O[C@@H]4O[C@@H](C)[C@@H](O)[C@@H](O)[C@@H]4O)[C@H]3NC(C)=O)[C@H]2O)[C@@H]1O. The van der Waals surface area contributed by atoms with Gasteiger partial charge in [0.25, 0.3) is 5.79 Å². The summed E-state index contributed by atoms with van der Waals surface area (Å²) in [6, 6.07) is -9.76. The maximum atomic E-state index is 13.6. The van der Waals surface area contributed by atoms with Crippen molar-refractivity contribution in [3.8, 4) is 0 Å². The lowest BCUT2D eigenvalue weighted by Gasteiger charge is -2.52. The first kappa shape index (κ1) is 118. The van der Waals surface area contributed by atoms with Gasteiger partial charge in [-0.25, -0.2) is 4.79 Å².